The topological polar surface area (TPSA) is 63.8 Å². The number of hydrogen-bond donors (Lipinski definition) is 1. The van der Waals surface area contributed by atoms with E-state index in [9.17, 15) is 14.3 Å². The van der Waals surface area contributed by atoms with E-state index < -0.39 is 11.8 Å². The van der Waals surface area contributed by atoms with Crippen molar-refractivity contribution in [2.24, 2.45) is 0 Å². The quantitative estimate of drug-likeness (QED) is 0.804. The van der Waals surface area contributed by atoms with Gasteiger partial charge < -0.3 is 9.84 Å². The van der Waals surface area contributed by atoms with Crippen molar-refractivity contribution in [1.82, 2.24) is 9.61 Å². The molecule has 3 aromatic rings. The molecule has 0 amide bonds. The van der Waals surface area contributed by atoms with E-state index >= 15 is 0 Å². The zero-order valence-electron chi connectivity index (χ0n) is 11.1. The highest BCUT2D eigenvalue weighted by Crippen LogP contribution is 2.35. The number of hydrogen-bond acceptors (Lipinski definition) is 3. The summed E-state index contributed by atoms with van der Waals surface area (Å²) in [5.74, 6) is -1.42. The lowest BCUT2D eigenvalue weighted by molar-refractivity contribution is 0.0697. The molecule has 0 unspecified atom stereocenters. The summed E-state index contributed by atoms with van der Waals surface area (Å²) in [5.41, 5.74) is 0.932. The molecule has 0 bridgehead atoms. The van der Waals surface area contributed by atoms with Gasteiger partial charge >= 0.3 is 5.97 Å². The fourth-order valence-corrected chi connectivity index (χ4v) is 2.28. The number of pyridine rings is 1. The summed E-state index contributed by atoms with van der Waals surface area (Å²) in [6, 6.07) is 7.48. The molecule has 2 aromatic heterocycles. The number of ether oxygens (including phenoxy) is 1. The first kappa shape index (κ1) is 13.1. The van der Waals surface area contributed by atoms with Crippen LogP contribution in [0.2, 0.25) is 0 Å². The Morgan fingerprint density at radius 3 is 2.90 bits per heavy atom. The van der Waals surface area contributed by atoms with Crippen LogP contribution in [-0.4, -0.2) is 27.8 Å². The largest absolute Gasteiger partial charge is 0.496 e. The third-order valence-electron chi connectivity index (χ3n) is 3.23. The molecule has 6 heteroatoms. The van der Waals surface area contributed by atoms with Crippen LogP contribution in [0.5, 0.6) is 5.75 Å². The average Bonchev–Trinajstić information content (AvgIpc) is 2.92. The molecule has 0 saturated carbocycles. The Balaban J connectivity index is 2.38. The Hall–Kier alpha value is -2.89. The summed E-state index contributed by atoms with van der Waals surface area (Å²) in [4.78, 5) is 11.5. The minimum Gasteiger partial charge on any atom is -0.496 e. The normalized spacial score (nSPS) is 10.8. The summed E-state index contributed by atoms with van der Waals surface area (Å²) < 4.78 is 20.8. The third kappa shape index (κ3) is 2.10. The molecule has 1 aromatic carbocycles. The van der Waals surface area contributed by atoms with Gasteiger partial charge in [-0.2, -0.15) is 5.10 Å². The number of carboxylic acid groups (broad SMARTS) is 1. The summed E-state index contributed by atoms with van der Waals surface area (Å²) in [7, 11) is 1.41. The van der Waals surface area contributed by atoms with Crippen LogP contribution in [0.25, 0.3) is 16.6 Å². The van der Waals surface area contributed by atoms with E-state index in [2.05, 4.69) is 5.10 Å². The molecule has 2 heterocycles. The van der Waals surface area contributed by atoms with Gasteiger partial charge in [-0.25, -0.2) is 13.7 Å². The van der Waals surface area contributed by atoms with Gasteiger partial charge in [0.2, 0.25) is 0 Å². The Morgan fingerprint density at radius 1 is 1.38 bits per heavy atom. The van der Waals surface area contributed by atoms with Crippen LogP contribution in [0.4, 0.5) is 4.39 Å². The first-order chi connectivity index (χ1) is 10.1. The number of aromatic nitrogens is 2. The smallest absolute Gasteiger partial charge is 0.336 e. The number of carboxylic acids is 1. The van der Waals surface area contributed by atoms with Gasteiger partial charge in [0.25, 0.3) is 0 Å². The molecule has 106 valence electrons. The minimum atomic E-state index is -1.14. The van der Waals surface area contributed by atoms with Crippen molar-refractivity contribution in [3.05, 3.63) is 54.1 Å². The molecule has 21 heavy (non-hydrogen) atoms. The number of nitrogens with zero attached hydrogens (tertiary/aromatic N) is 2. The van der Waals surface area contributed by atoms with E-state index in [-0.39, 0.29) is 22.4 Å². The van der Waals surface area contributed by atoms with E-state index in [0.717, 1.165) is 0 Å². The van der Waals surface area contributed by atoms with Gasteiger partial charge in [-0.15, -0.1) is 0 Å². The zero-order chi connectivity index (χ0) is 15.0. The maximum absolute atomic E-state index is 14.2. The van der Waals surface area contributed by atoms with Gasteiger partial charge in [-0.3, -0.25) is 0 Å². The molecule has 0 fully saturated rings. The van der Waals surface area contributed by atoms with Gasteiger partial charge in [-0.05, 0) is 24.3 Å². The average molecular weight is 286 g/mol. The van der Waals surface area contributed by atoms with E-state index in [1.54, 1.807) is 18.3 Å². The standard InChI is InChI=1S/C15H11FN2O3/c1-21-13-4-2-3-12(16)14(13)11-8-18-9(5-6-17-18)7-10(11)15(19)20/h2-8H,1H3,(H,19,20). The number of aromatic carboxylic acids is 1. The van der Waals surface area contributed by atoms with Crippen molar-refractivity contribution in [3.63, 3.8) is 0 Å². The minimum absolute atomic E-state index is 0.00796. The van der Waals surface area contributed by atoms with Crippen LogP contribution >= 0.6 is 0 Å². The molecule has 0 saturated heterocycles. The second kappa shape index (κ2) is 4.90. The monoisotopic (exact) mass is 286 g/mol. The van der Waals surface area contributed by atoms with Crippen LogP contribution in [0.3, 0.4) is 0 Å². The van der Waals surface area contributed by atoms with E-state index in [1.807, 2.05) is 0 Å². The van der Waals surface area contributed by atoms with Crippen molar-refractivity contribution >= 4 is 11.5 Å². The van der Waals surface area contributed by atoms with E-state index in [0.29, 0.717) is 5.52 Å². The number of benzene rings is 1. The highest BCUT2D eigenvalue weighted by atomic mass is 19.1. The van der Waals surface area contributed by atoms with Crippen LogP contribution in [-0.2, 0) is 0 Å². The second-order valence-corrected chi connectivity index (χ2v) is 4.42. The zero-order valence-corrected chi connectivity index (χ0v) is 11.1. The van der Waals surface area contributed by atoms with Gasteiger partial charge in [0.05, 0.1) is 23.8 Å². The van der Waals surface area contributed by atoms with Crippen LogP contribution in [0, 0.1) is 5.82 Å². The van der Waals surface area contributed by atoms with Gasteiger partial charge in [0, 0.05) is 18.0 Å². The highest BCUT2D eigenvalue weighted by Gasteiger charge is 2.20. The molecular weight excluding hydrogens is 275 g/mol. The number of methoxy groups -OCH3 is 1. The lowest BCUT2D eigenvalue weighted by Crippen LogP contribution is -2.04. The molecule has 0 aliphatic rings. The summed E-state index contributed by atoms with van der Waals surface area (Å²) in [6.07, 6.45) is 3.03. The molecule has 0 atom stereocenters. The number of halogens is 1. The van der Waals surface area contributed by atoms with E-state index in [4.69, 9.17) is 4.74 Å². The van der Waals surface area contributed by atoms with Crippen LogP contribution in [0.15, 0.2) is 42.7 Å². The third-order valence-corrected chi connectivity index (χ3v) is 3.23. The molecule has 1 N–H and O–H groups in total. The summed E-state index contributed by atoms with van der Waals surface area (Å²) in [6.45, 7) is 0. The van der Waals surface area contributed by atoms with Crippen molar-refractivity contribution in [1.29, 1.82) is 0 Å². The maximum Gasteiger partial charge on any atom is 0.336 e. The number of fused-ring (bicyclic) bond motifs is 1. The Labute approximate surface area is 119 Å². The molecule has 0 aliphatic heterocycles. The molecule has 0 radical (unpaired) electrons. The number of rotatable bonds is 3. The molecule has 0 spiro atoms. The Morgan fingerprint density at radius 2 is 2.19 bits per heavy atom. The molecule has 5 nitrogen and oxygen atoms in total. The van der Waals surface area contributed by atoms with Gasteiger partial charge in [0.1, 0.15) is 11.6 Å². The van der Waals surface area contributed by atoms with Crippen LogP contribution < -0.4 is 4.74 Å². The fraction of sp³-hybridized carbons (Fsp3) is 0.0667. The van der Waals surface area contributed by atoms with Crippen molar-refractivity contribution in [2.75, 3.05) is 7.11 Å². The van der Waals surface area contributed by atoms with Crippen LogP contribution in [0.1, 0.15) is 10.4 Å². The van der Waals surface area contributed by atoms with Crippen molar-refractivity contribution in [2.45, 2.75) is 0 Å². The Kier molecular flexibility index (Phi) is 3.06. The molecular formula is C15H11FN2O3. The lowest BCUT2D eigenvalue weighted by atomic mass is 10.00. The predicted octanol–water partition coefficient (Wildman–Crippen LogP) is 2.85. The SMILES string of the molecule is COc1cccc(F)c1-c1cn2nccc2cc1C(=O)O. The first-order valence-corrected chi connectivity index (χ1v) is 6.15. The van der Waals surface area contributed by atoms with Crippen molar-refractivity contribution in [3.8, 4) is 16.9 Å². The van der Waals surface area contributed by atoms with E-state index in [1.165, 1.54) is 36.0 Å². The summed E-state index contributed by atoms with van der Waals surface area (Å²) in [5, 5.41) is 13.4. The highest BCUT2D eigenvalue weighted by molar-refractivity contribution is 5.98. The maximum atomic E-state index is 14.2. The summed E-state index contributed by atoms with van der Waals surface area (Å²) >= 11 is 0. The molecule has 0 aliphatic carbocycles. The van der Waals surface area contributed by atoms with Gasteiger partial charge in [0.15, 0.2) is 0 Å². The van der Waals surface area contributed by atoms with Crippen molar-refractivity contribution < 1.29 is 19.0 Å². The second-order valence-electron chi connectivity index (χ2n) is 4.42. The lowest BCUT2D eigenvalue weighted by Gasteiger charge is -2.12. The molecule has 3 rings (SSSR count). The first-order valence-electron chi connectivity index (χ1n) is 6.15. The fourth-order valence-electron chi connectivity index (χ4n) is 2.28. The Bertz CT molecular complexity index is 842. The predicted molar refractivity (Wildman–Crippen MR) is 74.1 cm³/mol. The number of carbonyl (C=O) groups is 1. The van der Waals surface area contributed by atoms with Gasteiger partial charge in [-0.1, -0.05) is 6.07 Å².